The number of amides is 1. The predicted molar refractivity (Wildman–Crippen MR) is 123 cm³/mol. The Balaban J connectivity index is 1.39. The number of carbonyl (C=O) groups excluding carboxylic acids is 2. The summed E-state index contributed by atoms with van der Waals surface area (Å²) in [6.45, 7) is 1.86. The number of furan rings is 1. The zero-order valence-corrected chi connectivity index (χ0v) is 18.1. The molecule has 8 nitrogen and oxygen atoms in total. The normalized spacial score (nSPS) is 15.1. The average molecular weight is 461 g/mol. The second-order valence-electron chi connectivity index (χ2n) is 7.97. The molecule has 33 heavy (non-hydrogen) atoms. The first-order valence-electron chi connectivity index (χ1n) is 10.5. The van der Waals surface area contributed by atoms with Crippen LogP contribution in [0.4, 0.5) is 5.69 Å². The molecular formula is C24H17ClN4O4. The van der Waals surface area contributed by atoms with Crippen LogP contribution in [-0.4, -0.2) is 52.3 Å². The molecule has 9 heteroatoms. The van der Waals surface area contributed by atoms with Gasteiger partial charge in [0.15, 0.2) is 11.6 Å². The zero-order chi connectivity index (χ0) is 22.7. The second-order valence-corrected chi connectivity index (χ2v) is 8.38. The summed E-state index contributed by atoms with van der Waals surface area (Å²) in [4.78, 5) is 47.4. The minimum absolute atomic E-state index is 0.0869. The molecule has 2 aliphatic heterocycles. The van der Waals surface area contributed by atoms with Crippen LogP contribution in [0.15, 0.2) is 64.0 Å². The molecule has 0 bridgehead atoms. The molecule has 0 atom stereocenters. The van der Waals surface area contributed by atoms with Gasteiger partial charge in [0.2, 0.25) is 5.78 Å². The van der Waals surface area contributed by atoms with E-state index in [9.17, 15) is 14.4 Å². The molecule has 4 heterocycles. The number of nitrogens with zero attached hydrogens (tertiary/aromatic N) is 4. The summed E-state index contributed by atoms with van der Waals surface area (Å²) < 4.78 is 6.59. The van der Waals surface area contributed by atoms with Crippen LogP contribution in [0.2, 0.25) is 5.02 Å². The Morgan fingerprint density at radius 3 is 2.52 bits per heavy atom. The number of anilines is 1. The van der Waals surface area contributed by atoms with E-state index in [4.69, 9.17) is 16.0 Å². The molecule has 0 spiro atoms. The average Bonchev–Trinajstić information content (AvgIpc) is 3.47. The van der Waals surface area contributed by atoms with Crippen LogP contribution in [0.5, 0.6) is 0 Å². The lowest BCUT2D eigenvalue weighted by molar-refractivity contribution is 0.0714. The number of carbonyl (C=O) groups is 2. The Morgan fingerprint density at radius 2 is 1.76 bits per heavy atom. The summed E-state index contributed by atoms with van der Waals surface area (Å²) in [5, 5.41) is 0.863. The van der Waals surface area contributed by atoms with Crippen molar-refractivity contribution >= 4 is 39.9 Å². The third-order valence-corrected chi connectivity index (χ3v) is 6.47. The number of rotatable bonds is 2. The third kappa shape index (κ3) is 2.91. The SMILES string of the molecule is O=C1c2c(ccc(Cl)c2N2CCN(C(=O)c3ccco3)CC2)-n2c1nc1ccccc1c2=O. The Bertz CT molecular complexity index is 1500. The number of aromatic nitrogens is 2. The molecule has 0 aliphatic carbocycles. The molecule has 1 saturated heterocycles. The summed E-state index contributed by atoms with van der Waals surface area (Å²) in [5.74, 6) is -0.122. The second kappa shape index (κ2) is 7.31. The minimum atomic E-state index is -0.334. The molecule has 0 unspecified atom stereocenters. The van der Waals surface area contributed by atoms with E-state index in [1.54, 1.807) is 53.4 Å². The molecule has 1 amide bonds. The van der Waals surface area contributed by atoms with E-state index >= 15 is 0 Å². The first-order valence-corrected chi connectivity index (χ1v) is 10.9. The van der Waals surface area contributed by atoms with Gasteiger partial charge in [-0.05, 0) is 36.4 Å². The minimum Gasteiger partial charge on any atom is -0.459 e. The van der Waals surface area contributed by atoms with Crippen LogP contribution in [0.1, 0.15) is 26.7 Å². The van der Waals surface area contributed by atoms with Gasteiger partial charge < -0.3 is 14.2 Å². The molecule has 0 N–H and O–H groups in total. The van der Waals surface area contributed by atoms with E-state index in [0.29, 0.717) is 64.8 Å². The molecule has 164 valence electrons. The van der Waals surface area contributed by atoms with Crippen molar-refractivity contribution in [3.8, 4) is 5.69 Å². The van der Waals surface area contributed by atoms with Crippen molar-refractivity contribution in [3.63, 3.8) is 0 Å². The highest BCUT2D eigenvalue weighted by molar-refractivity contribution is 6.35. The summed E-state index contributed by atoms with van der Waals surface area (Å²) >= 11 is 6.58. The largest absolute Gasteiger partial charge is 0.459 e. The van der Waals surface area contributed by atoms with Crippen molar-refractivity contribution in [2.75, 3.05) is 31.1 Å². The predicted octanol–water partition coefficient (Wildman–Crippen LogP) is 3.14. The van der Waals surface area contributed by atoms with Gasteiger partial charge in [0.05, 0.1) is 39.1 Å². The maximum Gasteiger partial charge on any atom is 0.289 e. The highest BCUT2D eigenvalue weighted by Crippen LogP contribution is 2.39. The fourth-order valence-electron chi connectivity index (χ4n) is 4.58. The number of fused-ring (bicyclic) bond motifs is 4. The van der Waals surface area contributed by atoms with Gasteiger partial charge in [0.25, 0.3) is 11.5 Å². The van der Waals surface area contributed by atoms with E-state index in [2.05, 4.69) is 4.98 Å². The summed E-state index contributed by atoms with van der Waals surface area (Å²) in [5.41, 5.74) is 1.61. The smallest absolute Gasteiger partial charge is 0.289 e. The molecule has 6 rings (SSSR count). The highest BCUT2D eigenvalue weighted by atomic mass is 35.5. The van der Waals surface area contributed by atoms with E-state index < -0.39 is 0 Å². The Morgan fingerprint density at radius 1 is 0.970 bits per heavy atom. The van der Waals surface area contributed by atoms with E-state index in [0.717, 1.165) is 0 Å². The summed E-state index contributed by atoms with van der Waals surface area (Å²) in [6.07, 6.45) is 1.47. The number of para-hydroxylation sites is 1. The van der Waals surface area contributed by atoms with E-state index in [1.165, 1.54) is 10.8 Å². The first-order chi connectivity index (χ1) is 16.0. The molecule has 2 aromatic heterocycles. The number of halogens is 1. The zero-order valence-electron chi connectivity index (χ0n) is 17.3. The van der Waals surface area contributed by atoms with Crippen molar-refractivity contribution in [2.24, 2.45) is 0 Å². The maximum atomic E-state index is 13.4. The molecule has 1 fully saturated rings. The van der Waals surface area contributed by atoms with Gasteiger partial charge in [-0.3, -0.25) is 19.0 Å². The standard InChI is InChI=1S/C24H17ClN4O4/c25-15-7-8-17-19(21(30)22-26-16-5-2-1-4-14(16)23(31)29(17)22)20(15)27-9-11-28(12-10-27)24(32)18-6-3-13-33-18/h1-8,13H,9-12H2. The van der Waals surface area contributed by atoms with E-state index in [-0.39, 0.29) is 23.1 Å². The van der Waals surface area contributed by atoms with Crippen LogP contribution in [-0.2, 0) is 0 Å². The molecule has 0 radical (unpaired) electrons. The van der Waals surface area contributed by atoms with Gasteiger partial charge in [-0.1, -0.05) is 23.7 Å². The highest BCUT2D eigenvalue weighted by Gasteiger charge is 2.36. The quantitative estimate of drug-likeness (QED) is 0.402. The lowest BCUT2D eigenvalue weighted by atomic mass is 10.1. The molecular weight excluding hydrogens is 444 g/mol. The number of ketones is 1. The molecule has 0 saturated carbocycles. The first kappa shape index (κ1) is 19.8. The molecule has 2 aliphatic rings. The van der Waals surface area contributed by atoms with Gasteiger partial charge in [0.1, 0.15) is 0 Å². The fourth-order valence-corrected chi connectivity index (χ4v) is 4.86. The number of benzene rings is 2. The number of hydrogen-bond donors (Lipinski definition) is 0. The van der Waals surface area contributed by atoms with Crippen molar-refractivity contribution < 1.29 is 14.0 Å². The van der Waals surface area contributed by atoms with Crippen LogP contribution in [0.25, 0.3) is 16.6 Å². The monoisotopic (exact) mass is 460 g/mol. The van der Waals surface area contributed by atoms with Crippen LogP contribution < -0.4 is 10.5 Å². The fraction of sp³-hybridized carbons (Fsp3) is 0.167. The van der Waals surface area contributed by atoms with Crippen molar-refractivity contribution in [2.45, 2.75) is 0 Å². The van der Waals surface area contributed by atoms with Crippen molar-refractivity contribution in [3.05, 3.63) is 87.3 Å². The topological polar surface area (TPSA) is 88.7 Å². The lowest BCUT2D eigenvalue weighted by Gasteiger charge is -2.36. The molecule has 4 aromatic rings. The van der Waals surface area contributed by atoms with Gasteiger partial charge in [-0.15, -0.1) is 0 Å². The number of piperazine rings is 1. The third-order valence-electron chi connectivity index (χ3n) is 6.17. The Kier molecular flexibility index (Phi) is 4.38. The van der Waals surface area contributed by atoms with Crippen LogP contribution in [0, 0.1) is 0 Å². The Hall–Kier alpha value is -3.91. The van der Waals surface area contributed by atoms with Crippen LogP contribution >= 0.6 is 11.6 Å². The van der Waals surface area contributed by atoms with Crippen molar-refractivity contribution in [1.29, 1.82) is 0 Å². The van der Waals surface area contributed by atoms with Crippen LogP contribution in [0.3, 0.4) is 0 Å². The lowest BCUT2D eigenvalue weighted by Crippen LogP contribution is -2.49. The summed E-state index contributed by atoms with van der Waals surface area (Å²) in [7, 11) is 0. The van der Waals surface area contributed by atoms with Gasteiger partial charge >= 0.3 is 0 Å². The maximum absolute atomic E-state index is 13.4. The Labute approximate surface area is 192 Å². The summed E-state index contributed by atoms with van der Waals surface area (Å²) in [6, 6.07) is 13.7. The van der Waals surface area contributed by atoms with Crippen molar-refractivity contribution in [1.82, 2.24) is 14.5 Å². The van der Waals surface area contributed by atoms with Gasteiger partial charge in [-0.25, -0.2) is 4.98 Å². The van der Waals surface area contributed by atoms with Gasteiger partial charge in [-0.2, -0.15) is 0 Å². The van der Waals surface area contributed by atoms with Gasteiger partial charge in [0, 0.05) is 26.2 Å². The number of hydrogen-bond acceptors (Lipinski definition) is 6. The molecule has 2 aromatic carbocycles. The van der Waals surface area contributed by atoms with E-state index in [1.807, 2.05) is 4.90 Å².